The van der Waals surface area contributed by atoms with E-state index in [1.54, 1.807) is 12.4 Å². The summed E-state index contributed by atoms with van der Waals surface area (Å²) in [6.07, 6.45) is 4.29. The summed E-state index contributed by atoms with van der Waals surface area (Å²) in [5.41, 5.74) is 2.27. The van der Waals surface area contributed by atoms with Gasteiger partial charge >= 0.3 is 5.97 Å². The molecule has 0 radical (unpaired) electrons. The molecule has 4 heterocycles. The summed E-state index contributed by atoms with van der Waals surface area (Å²) in [6, 6.07) is 9.61. The molecule has 3 aromatic rings. The molecule has 0 unspecified atom stereocenters. The quantitative estimate of drug-likeness (QED) is 0.579. The van der Waals surface area contributed by atoms with Crippen molar-refractivity contribution < 1.29 is 14.3 Å². The average Bonchev–Trinajstić information content (AvgIpc) is 3.24. The summed E-state index contributed by atoms with van der Waals surface area (Å²) < 4.78 is 13.6. The van der Waals surface area contributed by atoms with Gasteiger partial charge in [-0.1, -0.05) is 17.4 Å². The van der Waals surface area contributed by atoms with E-state index in [9.17, 15) is 9.18 Å². The zero-order valence-corrected chi connectivity index (χ0v) is 17.1. The number of nitrogens with one attached hydrogen (secondary N) is 1. The molecule has 0 spiro atoms. The normalized spacial score (nSPS) is 13.9. The van der Waals surface area contributed by atoms with Crippen LogP contribution in [0.3, 0.4) is 0 Å². The van der Waals surface area contributed by atoms with E-state index in [4.69, 9.17) is 5.11 Å². The van der Waals surface area contributed by atoms with E-state index in [-0.39, 0.29) is 0 Å². The van der Waals surface area contributed by atoms with Gasteiger partial charge in [0.15, 0.2) is 5.13 Å². The van der Waals surface area contributed by atoms with Crippen LogP contribution in [-0.2, 0) is 4.79 Å². The molecule has 30 heavy (non-hydrogen) atoms. The summed E-state index contributed by atoms with van der Waals surface area (Å²) >= 11 is 1.51. The maximum atomic E-state index is 13.6. The van der Waals surface area contributed by atoms with Gasteiger partial charge in [-0.3, -0.25) is 0 Å². The van der Waals surface area contributed by atoms with Gasteiger partial charge in [-0.25, -0.2) is 19.7 Å². The first kappa shape index (κ1) is 20.0. The standard InChI is InChI=1S/C21H20FN5O2S/c1-13-5-8-23-18(11-13)26-17-4-2-3-15(25-17)16-12-24-21(30-16)27-9-6-14(7-10-27)19(22)20(28)29/h2-5,8,11-12H,6-7,9-10H2,1H3,(H,28,29)(H,23,25,26). The molecular formula is C21H20FN5O2S. The monoisotopic (exact) mass is 425 g/mol. The molecule has 1 aliphatic rings. The maximum absolute atomic E-state index is 13.6. The van der Waals surface area contributed by atoms with Crippen LogP contribution in [0.1, 0.15) is 18.4 Å². The van der Waals surface area contributed by atoms with Gasteiger partial charge < -0.3 is 15.3 Å². The fourth-order valence-corrected chi connectivity index (χ4v) is 4.18. The van der Waals surface area contributed by atoms with Crippen molar-refractivity contribution in [1.29, 1.82) is 0 Å². The molecule has 9 heteroatoms. The number of aromatic nitrogens is 3. The molecule has 154 valence electrons. The van der Waals surface area contributed by atoms with Crippen molar-refractivity contribution in [3.05, 3.63) is 59.7 Å². The van der Waals surface area contributed by atoms with Crippen molar-refractivity contribution >= 4 is 34.1 Å². The minimum absolute atomic E-state index is 0.362. The lowest BCUT2D eigenvalue weighted by Crippen LogP contribution is -2.31. The van der Waals surface area contributed by atoms with Crippen LogP contribution in [-0.4, -0.2) is 39.1 Å². The Labute approximate surface area is 176 Å². The number of aliphatic carboxylic acids is 1. The van der Waals surface area contributed by atoms with Crippen LogP contribution in [0.25, 0.3) is 10.6 Å². The van der Waals surface area contributed by atoms with E-state index in [2.05, 4.69) is 20.3 Å². The van der Waals surface area contributed by atoms with Gasteiger partial charge in [0.25, 0.3) is 0 Å². The first-order valence-electron chi connectivity index (χ1n) is 9.48. The summed E-state index contributed by atoms with van der Waals surface area (Å²) in [5.74, 6) is -1.09. The van der Waals surface area contributed by atoms with Crippen molar-refractivity contribution in [2.75, 3.05) is 23.3 Å². The predicted molar refractivity (Wildman–Crippen MR) is 115 cm³/mol. The first-order chi connectivity index (χ1) is 14.5. The summed E-state index contributed by atoms with van der Waals surface area (Å²) in [7, 11) is 0. The number of carboxylic acids is 1. The van der Waals surface area contributed by atoms with Gasteiger partial charge in [0.1, 0.15) is 11.6 Å². The van der Waals surface area contributed by atoms with E-state index in [0.29, 0.717) is 37.3 Å². The fraction of sp³-hybridized carbons (Fsp3) is 0.238. The zero-order valence-electron chi connectivity index (χ0n) is 16.3. The fourth-order valence-electron chi connectivity index (χ4n) is 3.25. The number of rotatable bonds is 5. The number of halogens is 1. The molecule has 0 bridgehead atoms. The molecule has 1 fully saturated rings. The Morgan fingerprint density at radius 1 is 1.20 bits per heavy atom. The van der Waals surface area contributed by atoms with E-state index < -0.39 is 11.8 Å². The summed E-state index contributed by atoms with van der Waals surface area (Å²) in [5, 5.41) is 12.8. The molecule has 0 amide bonds. The molecule has 1 saturated heterocycles. The van der Waals surface area contributed by atoms with Gasteiger partial charge in [0.05, 0.1) is 10.6 Å². The summed E-state index contributed by atoms with van der Waals surface area (Å²) in [6.45, 7) is 3.08. The van der Waals surface area contributed by atoms with Gasteiger partial charge in [-0.15, -0.1) is 0 Å². The Hall–Kier alpha value is -3.33. The van der Waals surface area contributed by atoms with E-state index in [0.717, 1.165) is 27.1 Å². The number of pyridine rings is 2. The Morgan fingerprint density at radius 3 is 2.73 bits per heavy atom. The van der Waals surface area contributed by atoms with Crippen molar-refractivity contribution in [3.8, 4) is 10.6 Å². The molecule has 3 aromatic heterocycles. The van der Waals surface area contributed by atoms with Crippen LogP contribution >= 0.6 is 11.3 Å². The number of aryl methyl sites for hydroxylation is 1. The molecular weight excluding hydrogens is 405 g/mol. The second kappa shape index (κ2) is 8.58. The van der Waals surface area contributed by atoms with E-state index >= 15 is 0 Å². The molecule has 0 aliphatic carbocycles. The number of carbonyl (C=O) groups is 1. The first-order valence-corrected chi connectivity index (χ1v) is 10.3. The molecule has 7 nitrogen and oxygen atoms in total. The number of piperidine rings is 1. The minimum Gasteiger partial charge on any atom is -0.476 e. The van der Waals surface area contributed by atoms with Gasteiger partial charge in [0, 0.05) is 25.5 Å². The number of carboxylic acid groups (broad SMARTS) is 1. The highest BCUT2D eigenvalue weighted by Gasteiger charge is 2.22. The van der Waals surface area contributed by atoms with Crippen LogP contribution in [0, 0.1) is 6.92 Å². The van der Waals surface area contributed by atoms with Crippen molar-refractivity contribution in [3.63, 3.8) is 0 Å². The average molecular weight is 425 g/mol. The second-order valence-electron chi connectivity index (χ2n) is 6.97. The Bertz CT molecular complexity index is 1100. The van der Waals surface area contributed by atoms with Crippen molar-refractivity contribution in [1.82, 2.24) is 15.0 Å². The highest BCUT2D eigenvalue weighted by Crippen LogP contribution is 2.33. The minimum atomic E-state index is -1.49. The maximum Gasteiger partial charge on any atom is 0.364 e. The number of hydrogen-bond donors (Lipinski definition) is 2. The second-order valence-corrected chi connectivity index (χ2v) is 7.98. The Morgan fingerprint density at radius 2 is 2.00 bits per heavy atom. The zero-order chi connectivity index (χ0) is 21.1. The topological polar surface area (TPSA) is 91.2 Å². The third kappa shape index (κ3) is 4.46. The molecule has 0 atom stereocenters. The lowest BCUT2D eigenvalue weighted by molar-refractivity contribution is -0.134. The predicted octanol–water partition coefficient (Wildman–Crippen LogP) is 4.56. The lowest BCUT2D eigenvalue weighted by Gasteiger charge is -2.27. The molecule has 0 saturated carbocycles. The number of anilines is 3. The third-order valence-corrected chi connectivity index (χ3v) is 5.88. The highest BCUT2D eigenvalue weighted by molar-refractivity contribution is 7.18. The van der Waals surface area contributed by atoms with E-state index in [1.165, 1.54) is 11.3 Å². The number of hydrogen-bond acceptors (Lipinski definition) is 7. The van der Waals surface area contributed by atoms with Crippen LogP contribution in [0.4, 0.5) is 21.2 Å². The molecule has 4 rings (SSSR count). The van der Waals surface area contributed by atoms with Gasteiger partial charge in [-0.05, 0) is 55.2 Å². The summed E-state index contributed by atoms with van der Waals surface area (Å²) in [4.78, 5) is 27.2. The Kier molecular flexibility index (Phi) is 5.71. The smallest absolute Gasteiger partial charge is 0.364 e. The van der Waals surface area contributed by atoms with Crippen LogP contribution < -0.4 is 10.2 Å². The third-order valence-electron chi connectivity index (χ3n) is 4.80. The highest BCUT2D eigenvalue weighted by atomic mass is 32.1. The van der Waals surface area contributed by atoms with Gasteiger partial charge in [-0.2, -0.15) is 4.39 Å². The number of thiazole rings is 1. The van der Waals surface area contributed by atoms with Crippen molar-refractivity contribution in [2.45, 2.75) is 19.8 Å². The van der Waals surface area contributed by atoms with Crippen molar-refractivity contribution in [2.24, 2.45) is 0 Å². The van der Waals surface area contributed by atoms with Crippen LogP contribution in [0.15, 0.2) is 54.1 Å². The van der Waals surface area contributed by atoms with E-state index in [1.807, 2.05) is 42.2 Å². The van der Waals surface area contributed by atoms with Gasteiger partial charge in [0.2, 0.25) is 5.83 Å². The molecule has 2 N–H and O–H groups in total. The lowest BCUT2D eigenvalue weighted by atomic mass is 10.0. The van der Waals surface area contributed by atoms with Crippen LogP contribution in [0.5, 0.6) is 0 Å². The molecule has 0 aromatic carbocycles. The number of nitrogens with zero attached hydrogens (tertiary/aromatic N) is 4. The SMILES string of the molecule is Cc1ccnc(Nc2cccc(-c3cnc(N4CCC(=C(F)C(=O)O)CC4)s3)n2)c1. The Balaban J connectivity index is 1.47. The molecule has 1 aliphatic heterocycles. The largest absolute Gasteiger partial charge is 0.476 e. The van der Waals surface area contributed by atoms with Crippen LogP contribution in [0.2, 0.25) is 0 Å².